The van der Waals surface area contributed by atoms with Crippen LogP contribution in [0.15, 0.2) is 29.6 Å². The first-order chi connectivity index (χ1) is 10.4. The second kappa shape index (κ2) is 7.22. The summed E-state index contributed by atoms with van der Waals surface area (Å²) in [5.74, 6) is 0.786. The molecule has 0 aliphatic heterocycles. The van der Waals surface area contributed by atoms with Crippen molar-refractivity contribution in [2.45, 2.75) is 39.3 Å². The van der Waals surface area contributed by atoms with Gasteiger partial charge in [-0.05, 0) is 45.4 Å². The van der Waals surface area contributed by atoms with Crippen LogP contribution in [0.1, 0.15) is 30.1 Å². The van der Waals surface area contributed by atoms with E-state index in [9.17, 15) is 5.11 Å². The molecule has 2 N–H and O–H groups in total. The second-order valence-electron chi connectivity index (χ2n) is 6.08. The number of aromatic nitrogens is 1. The largest absolute Gasteiger partial charge is 0.491 e. The summed E-state index contributed by atoms with van der Waals surface area (Å²) in [5, 5.41) is 16.5. The van der Waals surface area contributed by atoms with Crippen LogP contribution in [0.25, 0.3) is 0 Å². The number of ether oxygens (including phenoxy) is 1. The molecule has 1 aromatic carbocycles. The van der Waals surface area contributed by atoms with Crippen molar-refractivity contribution in [3.63, 3.8) is 0 Å². The minimum atomic E-state index is -0.569. The molecule has 0 fully saturated rings. The number of aliphatic hydroxyl groups is 1. The standard InChI is InChI=1S/C17H24N2O2S/c1-12-6-5-7-15(8-12)21-10-14(20)9-18-17(3,4)16-19-13(2)11-22-16/h5-8,11,14,18,20H,9-10H2,1-4H3/t14-/m0/s1. The zero-order valence-corrected chi connectivity index (χ0v) is 14.4. The minimum Gasteiger partial charge on any atom is -0.491 e. The average molecular weight is 320 g/mol. The third-order valence-corrected chi connectivity index (χ3v) is 4.65. The lowest BCUT2D eigenvalue weighted by atomic mass is 10.1. The van der Waals surface area contributed by atoms with Gasteiger partial charge in [0.15, 0.2) is 0 Å². The number of aliphatic hydroxyl groups excluding tert-OH is 1. The smallest absolute Gasteiger partial charge is 0.119 e. The molecule has 1 heterocycles. The molecule has 0 saturated heterocycles. The Balaban J connectivity index is 1.81. The molecular weight excluding hydrogens is 296 g/mol. The Kier molecular flexibility index (Phi) is 5.56. The Morgan fingerprint density at radius 3 is 2.77 bits per heavy atom. The topological polar surface area (TPSA) is 54.4 Å². The van der Waals surface area contributed by atoms with Crippen molar-refractivity contribution in [1.82, 2.24) is 10.3 Å². The highest BCUT2D eigenvalue weighted by molar-refractivity contribution is 7.09. The first kappa shape index (κ1) is 16.9. The maximum absolute atomic E-state index is 10.1. The third-order valence-electron chi connectivity index (χ3n) is 3.37. The molecule has 2 aromatic rings. The SMILES string of the molecule is Cc1cccc(OC[C@@H](O)CNC(C)(C)c2nc(C)cs2)c1. The normalized spacial score (nSPS) is 13.1. The Morgan fingerprint density at radius 1 is 1.36 bits per heavy atom. The summed E-state index contributed by atoms with van der Waals surface area (Å²) >= 11 is 1.63. The van der Waals surface area contributed by atoms with Crippen molar-refractivity contribution in [2.24, 2.45) is 0 Å². The third kappa shape index (κ3) is 4.80. The van der Waals surface area contributed by atoms with Gasteiger partial charge in [-0.3, -0.25) is 0 Å². The molecule has 0 radical (unpaired) electrons. The van der Waals surface area contributed by atoms with Crippen LogP contribution in [0.4, 0.5) is 0 Å². The van der Waals surface area contributed by atoms with Crippen LogP contribution in [-0.4, -0.2) is 29.3 Å². The predicted octanol–water partition coefficient (Wildman–Crippen LogP) is 3.02. The van der Waals surface area contributed by atoms with Gasteiger partial charge in [0, 0.05) is 17.6 Å². The van der Waals surface area contributed by atoms with Crippen LogP contribution in [0, 0.1) is 13.8 Å². The number of nitrogens with zero attached hydrogens (tertiary/aromatic N) is 1. The van der Waals surface area contributed by atoms with Crippen LogP contribution in [0.3, 0.4) is 0 Å². The van der Waals surface area contributed by atoms with Crippen LogP contribution >= 0.6 is 11.3 Å². The van der Waals surface area contributed by atoms with Crippen LogP contribution < -0.4 is 10.1 Å². The Hall–Kier alpha value is -1.43. The van der Waals surface area contributed by atoms with E-state index in [0.717, 1.165) is 22.0 Å². The van der Waals surface area contributed by atoms with Crippen molar-refractivity contribution < 1.29 is 9.84 Å². The molecule has 5 heteroatoms. The molecule has 0 aliphatic rings. The number of thiazole rings is 1. The molecule has 0 bridgehead atoms. The van der Waals surface area contributed by atoms with E-state index in [1.165, 1.54) is 0 Å². The monoisotopic (exact) mass is 320 g/mol. The second-order valence-corrected chi connectivity index (χ2v) is 6.94. The minimum absolute atomic E-state index is 0.261. The van der Waals surface area contributed by atoms with E-state index in [1.807, 2.05) is 43.5 Å². The summed E-state index contributed by atoms with van der Waals surface area (Å²) < 4.78 is 5.62. The highest BCUT2D eigenvalue weighted by Gasteiger charge is 2.24. The quantitative estimate of drug-likeness (QED) is 0.823. The first-order valence-corrected chi connectivity index (χ1v) is 8.30. The van der Waals surface area contributed by atoms with Crippen LogP contribution in [-0.2, 0) is 5.54 Å². The molecule has 0 spiro atoms. The van der Waals surface area contributed by atoms with Crippen molar-refractivity contribution in [1.29, 1.82) is 0 Å². The highest BCUT2D eigenvalue weighted by Crippen LogP contribution is 2.23. The maximum atomic E-state index is 10.1. The molecule has 120 valence electrons. The van der Waals surface area contributed by atoms with Gasteiger partial charge in [0.2, 0.25) is 0 Å². The van der Waals surface area contributed by atoms with Gasteiger partial charge >= 0.3 is 0 Å². The highest BCUT2D eigenvalue weighted by atomic mass is 32.1. The number of nitrogens with one attached hydrogen (secondary N) is 1. The van der Waals surface area contributed by atoms with Crippen molar-refractivity contribution in [3.8, 4) is 5.75 Å². The Bertz CT molecular complexity index is 610. The summed E-state index contributed by atoms with van der Waals surface area (Å²) in [5.41, 5.74) is 1.91. The number of rotatable bonds is 7. The molecule has 0 unspecified atom stereocenters. The maximum Gasteiger partial charge on any atom is 0.119 e. The summed E-state index contributed by atoms with van der Waals surface area (Å²) in [6, 6.07) is 7.82. The Morgan fingerprint density at radius 2 is 2.14 bits per heavy atom. The van der Waals surface area contributed by atoms with Gasteiger partial charge in [0.1, 0.15) is 23.5 Å². The first-order valence-electron chi connectivity index (χ1n) is 7.42. The van der Waals surface area contributed by atoms with Crippen molar-refractivity contribution >= 4 is 11.3 Å². The predicted molar refractivity (Wildman–Crippen MR) is 90.6 cm³/mol. The molecule has 1 atom stereocenters. The van der Waals surface area contributed by atoms with Gasteiger partial charge < -0.3 is 15.2 Å². The van der Waals surface area contributed by atoms with Gasteiger partial charge in [0.25, 0.3) is 0 Å². The summed E-state index contributed by atoms with van der Waals surface area (Å²) in [6.45, 7) is 8.86. The zero-order valence-electron chi connectivity index (χ0n) is 13.6. The fourth-order valence-electron chi connectivity index (χ4n) is 2.05. The van der Waals surface area contributed by atoms with E-state index in [-0.39, 0.29) is 12.1 Å². The lowest BCUT2D eigenvalue weighted by Gasteiger charge is -2.25. The summed E-state index contributed by atoms with van der Waals surface area (Å²) in [4.78, 5) is 4.51. The number of hydrogen-bond acceptors (Lipinski definition) is 5. The molecule has 0 saturated carbocycles. The van der Waals surface area contributed by atoms with Gasteiger partial charge in [-0.15, -0.1) is 11.3 Å². The van der Waals surface area contributed by atoms with Gasteiger partial charge in [-0.2, -0.15) is 0 Å². The fraction of sp³-hybridized carbons (Fsp3) is 0.471. The van der Waals surface area contributed by atoms with E-state index in [0.29, 0.717) is 6.54 Å². The Labute approximate surface area is 136 Å². The number of benzene rings is 1. The van der Waals surface area contributed by atoms with E-state index in [2.05, 4.69) is 24.1 Å². The van der Waals surface area contributed by atoms with Gasteiger partial charge in [-0.25, -0.2) is 4.98 Å². The van der Waals surface area contributed by atoms with Gasteiger partial charge in [-0.1, -0.05) is 12.1 Å². The average Bonchev–Trinajstić information content (AvgIpc) is 2.91. The van der Waals surface area contributed by atoms with E-state index in [4.69, 9.17) is 4.74 Å². The fourth-order valence-corrected chi connectivity index (χ4v) is 2.94. The molecule has 1 aromatic heterocycles. The summed E-state index contributed by atoms with van der Waals surface area (Å²) in [7, 11) is 0. The molecule has 2 rings (SSSR count). The van der Waals surface area contributed by atoms with E-state index < -0.39 is 6.10 Å². The number of aryl methyl sites for hydroxylation is 2. The van der Waals surface area contributed by atoms with E-state index >= 15 is 0 Å². The molecule has 0 aliphatic carbocycles. The van der Waals surface area contributed by atoms with Crippen molar-refractivity contribution in [3.05, 3.63) is 45.9 Å². The molecule has 22 heavy (non-hydrogen) atoms. The van der Waals surface area contributed by atoms with Crippen LogP contribution in [0.5, 0.6) is 5.75 Å². The lowest BCUT2D eigenvalue weighted by Crippen LogP contribution is -2.42. The van der Waals surface area contributed by atoms with E-state index in [1.54, 1.807) is 11.3 Å². The zero-order chi connectivity index (χ0) is 16.2. The molecular formula is C17H24N2O2S. The van der Waals surface area contributed by atoms with Crippen molar-refractivity contribution in [2.75, 3.05) is 13.2 Å². The summed E-state index contributed by atoms with van der Waals surface area (Å²) in [6.07, 6.45) is -0.569. The van der Waals surface area contributed by atoms with Gasteiger partial charge in [0.05, 0.1) is 5.54 Å². The number of hydrogen-bond donors (Lipinski definition) is 2. The lowest BCUT2D eigenvalue weighted by molar-refractivity contribution is 0.0987. The molecule has 4 nitrogen and oxygen atoms in total. The molecule has 0 amide bonds. The van der Waals surface area contributed by atoms with Crippen LogP contribution in [0.2, 0.25) is 0 Å².